The molecule has 0 unspecified atom stereocenters. The number of nitrogens with one attached hydrogen (secondary N) is 1. The van der Waals surface area contributed by atoms with E-state index in [1.807, 2.05) is 30.3 Å². The third-order valence-electron chi connectivity index (χ3n) is 7.26. The molecule has 8 nitrogen and oxygen atoms in total. The van der Waals surface area contributed by atoms with Gasteiger partial charge >= 0.3 is 11.9 Å². The van der Waals surface area contributed by atoms with E-state index in [-0.39, 0.29) is 24.8 Å². The smallest absolute Gasteiger partial charge is 0.329 e. The average molecular weight is 529 g/mol. The Kier molecular flexibility index (Phi) is 11.2. The van der Waals surface area contributed by atoms with Crippen LogP contribution in [-0.4, -0.2) is 53.4 Å². The number of benzene rings is 1. The third-order valence-corrected chi connectivity index (χ3v) is 7.26. The maximum Gasteiger partial charge on any atom is 0.329 e. The van der Waals surface area contributed by atoms with E-state index in [0.717, 1.165) is 18.4 Å². The number of nitrogens with zero attached hydrogens (tertiary/aromatic N) is 1. The van der Waals surface area contributed by atoms with Crippen molar-refractivity contribution in [3.8, 4) is 0 Å². The standard InChI is InChI=1S/C30H44N2O6/c1-30(2,3)38-29(36)25(19-27(34)37-21-23-13-8-5-9-14-23)31-28(35)24-15-10-18-32(20-24)26(33)17-16-22-11-6-4-7-12-22/h5,8-9,13-14,22,24-25H,4,6-7,10-12,15-21H2,1-3H3,(H,31,35)/t24-,25+/m1/s1. The molecule has 1 N–H and O–H groups in total. The summed E-state index contributed by atoms with van der Waals surface area (Å²) in [4.78, 5) is 53.3. The first-order chi connectivity index (χ1) is 18.1. The zero-order valence-electron chi connectivity index (χ0n) is 23.2. The van der Waals surface area contributed by atoms with E-state index in [1.165, 1.54) is 32.1 Å². The second kappa shape index (κ2) is 14.3. The second-order valence-corrected chi connectivity index (χ2v) is 11.7. The molecule has 1 heterocycles. The van der Waals surface area contributed by atoms with Crippen molar-refractivity contribution < 1.29 is 28.7 Å². The zero-order chi connectivity index (χ0) is 27.5. The van der Waals surface area contributed by atoms with Crippen LogP contribution in [0.2, 0.25) is 0 Å². The van der Waals surface area contributed by atoms with Crippen LogP contribution in [0.5, 0.6) is 0 Å². The summed E-state index contributed by atoms with van der Waals surface area (Å²) in [5.74, 6) is -1.34. The molecule has 2 aliphatic rings. The summed E-state index contributed by atoms with van der Waals surface area (Å²) in [5, 5.41) is 2.73. The van der Waals surface area contributed by atoms with Gasteiger partial charge in [0.2, 0.25) is 11.8 Å². The molecule has 0 spiro atoms. The van der Waals surface area contributed by atoms with Gasteiger partial charge in [0, 0.05) is 19.5 Å². The summed E-state index contributed by atoms with van der Waals surface area (Å²) < 4.78 is 10.8. The lowest BCUT2D eigenvalue weighted by molar-refractivity contribution is -0.162. The van der Waals surface area contributed by atoms with Gasteiger partial charge in [-0.15, -0.1) is 0 Å². The quantitative estimate of drug-likeness (QED) is 0.447. The molecule has 38 heavy (non-hydrogen) atoms. The Morgan fingerprint density at radius 2 is 1.71 bits per heavy atom. The predicted octanol–water partition coefficient (Wildman–Crippen LogP) is 4.55. The van der Waals surface area contributed by atoms with Gasteiger partial charge in [0.05, 0.1) is 12.3 Å². The molecule has 1 saturated heterocycles. The first-order valence-electron chi connectivity index (χ1n) is 14.1. The van der Waals surface area contributed by atoms with Gasteiger partial charge in [-0.1, -0.05) is 62.4 Å². The lowest BCUT2D eigenvalue weighted by Crippen LogP contribution is -2.51. The summed E-state index contributed by atoms with van der Waals surface area (Å²) in [6.45, 7) is 6.25. The molecular weight excluding hydrogens is 484 g/mol. The van der Waals surface area contributed by atoms with Crippen molar-refractivity contribution >= 4 is 23.8 Å². The van der Waals surface area contributed by atoms with Crippen molar-refractivity contribution in [3.63, 3.8) is 0 Å². The van der Waals surface area contributed by atoms with Crippen LogP contribution in [0.3, 0.4) is 0 Å². The minimum absolute atomic E-state index is 0.0786. The Balaban J connectivity index is 1.55. The van der Waals surface area contributed by atoms with Gasteiger partial charge in [0.1, 0.15) is 18.2 Å². The molecule has 1 aliphatic heterocycles. The molecule has 1 aromatic rings. The Morgan fingerprint density at radius 3 is 2.39 bits per heavy atom. The predicted molar refractivity (Wildman–Crippen MR) is 144 cm³/mol. The highest BCUT2D eigenvalue weighted by Gasteiger charge is 2.34. The second-order valence-electron chi connectivity index (χ2n) is 11.7. The van der Waals surface area contributed by atoms with E-state index in [1.54, 1.807) is 25.7 Å². The van der Waals surface area contributed by atoms with Gasteiger partial charge in [-0.05, 0) is 51.5 Å². The van der Waals surface area contributed by atoms with Crippen LogP contribution < -0.4 is 5.32 Å². The molecule has 2 atom stereocenters. The minimum Gasteiger partial charge on any atom is -0.461 e. The van der Waals surface area contributed by atoms with Crippen molar-refractivity contribution in [1.82, 2.24) is 10.2 Å². The van der Waals surface area contributed by atoms with Crippen LogP contribution in [0.15, 0.2) is 30.3 Å². The van der Waals surface area contributed by atoms with Crippen LogP contribution >= 0.6 is 0 Å². The lowest BCUT2D eigenvalue weighted by atomic mass is 9.86. The number of carbonyl (C=O) groups is 4. The minimum atomic E-state index is -1.16. The number of carbonyl (C=O) groups excluding carboxylic acids is 4. The molecule has 0 bridgehead atoms. The Labute approximate surface area is 226 Å². The molecule has 0 aromatic heterocycles. The molecule has 1 aliphatic carbocycles. The normalized spacial score (nSPS) is 19.3. The SMILES string of the molecule is CC(C)(C)OC(=O)[C@H](CC(=O)OCc1ccccc1)NC(=O)[C@@H]1CCCN(C(=O)CCC2CCCCC2)C1. The molecule has 1 saturated carbocycles. The van der Waals surface area contributed by atoms with Crippen molar-refractivity contribution in [3.05, 3.63) is 35.9 Å². The molecule has 3 rings (SSSR count). The highest BCUT2D eigenvalue weighted by atomic mass is 16.6. The van der Waals surface area contributed by atoms with Crippen LogP contribution in [0, 0.1) is 11.8 Å². The van der Waals surface area contributed by atoms with E-state index in [4.69, 9.17) is 9.47 Å². The van der Waals surface area contributed by atoms with Gasteiger partial charge in [-0.2, -0.15) is 0 Å². The average Bonchev–Trinajstić information content (AvgIpc) is 2.90. The van der Waals surface area contributed by atoms with Crippen LogP contribution in [-0.2, 0) is 35.3 Å². The fourth-order valence-electron chi connectivity index (χ4n) is 5.20. The van der Waals surface area contributed by atoms with E-state index in [2.05, 4.69) is 5.32 Å². The molecule has 2 fully saturated rings. The number of ether oxygens (including phenoxy) is 2. The number of likely N-dealkylation sites (tertiary alicyclic amines) is 1. The van der Waals surface area contributed by atoms with Gasteiger partial charge in [0.25, 0.3) is 0 Å². The number of esters is 2. The molecule has 210 valence electrons. The summed E-state index contributed by atoms with van der Waals surface area (Å²) in [6.07, 6.45) is 8.67. The van der Waals surface area contributed by atoms with Crippen LogP contribution in [0.4, 0.5) is 0 Å². The van der Waals surface area contributed by atoms with Gasteiger partial charge in [0.15, 0.2) is 0 Å². The zero-order valence-corrected chi connectivity index (χ0v) is 23.2. The van der Waals surface area contributed by atoms with Gasteiger partial charge in [-0.25, -0.2) is 4.79 Å². The number of piperidine rings is 1. The lowest BCUT2D eigenvalue weighted by Gasteiger charge is -2.33. The molecule has 2 amide bonds. The summed E-state index contributed by atoms with van der Waals surface area (Å²) in [7, 11) is 0. The van der Waals surface area contributed by atoms with Crippen molar-refractivity contribution in [2.45, 2.75) is 103 Å². The van der Waals surface area contributed by atoms with E-state index in [9.17, 15) is 19.2 Å². The number of rotatable bonds is 10. The third kappa shape index (κ3) is 10.1. The van der Waals surface area contributed by atoms with Crippen molar-refractivity contribution in [1.29, 1.82) is 0 Å². The fourth-order valence-corrected chi connectivity index (χ4v) is 5.20. The fraction of sp³-hybridized carbons (Fsp3) is 0.667. The maximum atomic E-state index is 13.2. The largest absolute Gasteiger partial charge is 0.461 e. The number of amides is 2. The van der Waals surface area contributed by atoms with Crippen molar-refractivity contribution in [2.75, 3.05) is 13.1 Å². The van der Waals surface area contributed by atoms with E-state index in [0.29, 0.717) is 31.8 Å². The molecule has 1 aromatic carbocycles. The number of hydrogen-bond donors (Lipinski definition) is 1. The highest BCUT2D eigenvalue weighted by Crippen LogP contribution is 2.28. The van der Waals surface area contributed by atoms with Crippen molar-refractivity contribution in [2.24, 2.45) is 11.8 Å². The van der Waals surface area contributed by atoms with E-state index >= 15 is 0 Å². The first kappa shape index (κ1) is 29.7. The summed E-state index contributed by atoms with van der Waals surface area (Å²) >= 11 is 0. The monoisotopic (exact) mass is 528 g/mol. The maximum absolute atomic E-state index is 13.2. The molecule has 8 heteroatoms. The van der Waals surface area contributed by atoms with E-state index < -0.39 is 29.5 Å². The molecular formula is C30H44N2O6. The summed E-state index contributed by atoms with van der Waals surface area (Å²) in [5.41, 5.74) is 0.0505. The van der Waals surface area contributed by atoms with Gasteiger partial charge < -0.3 is 19.7 Å². The summed E-state index contributed by atoms with van der Waals surface area (Å²) in [6, 6.07) is 8.08. The number of hydrogen-bond acceptors (Lipinski definition) is 6. The highest BCUT2D eigenvalue weighted by molar-refractivity contribution is 5.89. The molecule has 0 radical (unpaired) electrons. The Hall–Kier alpha value is -2.90. The van der Waals surface area contributed by atoms with Crippen LogP contribution in [0.1, 0.15) is 90.5 Å². The topological polar surface area (TPSA) is 102 Å². The van der Waals surface area contributed by atoms with Gasteiger partial charge in [-0.3, -0.25) is 14.4 Å². The first-order valence-corrected chi connectivity index (χ1v) is 14.1. The Bertz CT molecular complexity index is 936. The van der Waals surface area contributed by atoms with Crippen LogP contribution in [0.25, 0.3) is 0 Å². The Morgan fingerprint density at radius 1 is 1.00 bits per heavy atom.